The summed E-state index contributed by atoms with van der Waals surface area (Å²) in [4.78, 5) is 0. The van der Waals surface area contributed by atoms with Gasteiger partial charge in [0.25, 0.3) is 0 Å². The van der Waals surface area contributed by atoms with Crippen LogP contribution in [0, 0.1) is 0 Å². The average Bonchev–Trinajstić information content (AvgIpc) is 2.65. The second-order valence-electron chi connectivity index (χ2n) is 8.68. The Hall–Kier alpha value is -1.14. The Balaban J connectivity index is 0.000000416. The third kappa shape index (κ3) is 6.73. The molecule has 0 spiro atoms. The highest BCUT2D eigenvalue weighted by Gasteiger charge is 2.51. The van der Waals surface area contributed by atoms with E-state index in [9.17, 15) is 13.2 Å². The van der Waals surface area contributed by atoms with Crippen molar-refractivity contribution in [1.29, 1.82) is 0 Å². The monoisotopic (exact) mass is 425 g/mol. The van der Waals surface area contributed by atoms with Crippen molar-refractivity contribution in [2.75, 3.05) is 21.1 Å². The lowest BCUT2D eigenvalue weighted by molar-refractivity contribution is -0.884. The first-order valence-corrected chi connectivity index (χ1v) is 9.93. The van der Waals surface area contributed by atoms with Crippen LogP contribution in [0.15, 0.2) is 24.3 Å². The van der Waals surface area contributed by atoms with Gasteiger partial charge in [-0.3, -0.25) is 0 Å². The first kappa shape index (κ1) is 24.9. The number of hydrogen-bond donors (Lipinski definition) is 0. The summed E-state index contributed by atoms with van der Waals surface area (Å²) in [6.07, 6.45) is 0. The molecule has 160 valence electrons. The fourth-order valence-corrected chi connectivity index (χ4v) is 2.31. The Labute approximate surface area is 165 Å². The molecular formula is C17H27BF3NO5S. The molecule has 0 unspecified atom stereocenters. The zero-order valence-electron chi connectivity index (χ0n) is 17.1. The molecule has 0 aliphatic carbocycles. The fraction of sp³-hybridized carbons (Fsp3) is 0.647. The predicted octanol–water partition coefficient (Wildman–Crippen LogP) is 2.24. The minimum Gasteiger partial charge on any atom is -0.741 e. The van der Waals surface area contributed by atoms with E-state index in [1.54, 1.807) is 0 Å². The highest BCUT2D eigenvalue weighted by atomic mass is 32.2. The lowest BCUT2D eigenvalue weighted by Crippen LogP contribution is -2.41. The molecule has 28 heavy (non-hydrogen) atoms. The van der Waals surface area contributed by atoms with E-state index in [1.807, 2.05) is 0 Å². The first-order valence-electron chi connectivity index (χ1n) is 8.52. The summed E-state index contributed by atoms with van der Waals surface area (Å²) in [5.41, 5.74) is -3.78. The van der Waals surface area contributed by atoms with Crippen LogP contribution in [0.4, 0.5) is 13.2 Å². The average molecular weight is 425 g/mol. The Bertz CT molecular complexity index is 755. The summed E-state index contributed by atoms with van der Waals surface area (Å²) in [5.74, 6) is 0. The minimum atomic E-state index is -6.09. The second-order valence-corrected chi connectivity index (χ2v) is 10.0. The number of hydrogen-bond acceptors (Lipinski definition) is 5. The molecule has 1 fully saturated rings. The molecule has 1 aliphatic rings. The smallest absolute Gasteiger partial charge is 0.494 e. The number of benzene rings is 1. The van der Waals surface area contributed by atoms with E-state index in [-0.39, 0.29) is 18.3 Å². The summed E-state index contributed by atoms with van der Waals surface area (Å²) in [5, 5.41) is 0. The van der Waals surface area contributed by atoms with Crippen LogP contribution < -0.4 is 5.46 Å². The molecule has 1 saturated heterocycles. The lowest BCUT2D eigenvalue weighted by atomic mass is 9.79. The molecule has 0 saturated carbocycles. The molecule has 2 rings (SSSR count). The molecule has 6 nitrogen and oxygen atoms in total. The van der Waals surface area contributed by atoms with Crippen molar-refractivity contribution in [2.24, 2.45) is 0 Å². The fourth-order valence-electron chi connectivity index (χ4n) is 2.31. The first-order chi connectivity index (χ1) is 12.3. The van der Waals surface area contributed by atoms with Crippen LogP contribution in [0.3, 0.4) is 0 Å². The van der Waals surface area contributed by atoms with Crippen molar-refractivity contribution in [3.05, 3.63) is 29.8 Å². The third-order valence-corrected chi connectivity index (χ3v) is 5.01. The van der Waals surface area contributed by atoms with Crippen molar-refractivity contribution >= 4 is 22.7 Å². The van der Waals surface area contributed by atoms with E-state index in [1.165, 1.54) is 5.56 Å². The molecule has 0 amide bonds. The SMILES string of the molecule is CC1(C)OB(c2ccc(C[N+](C)(C)C)cc2)OC1(C)C.O=S(=O)([O-])C(F)(F)F. The van der Waals surface area contributed by atoms with Crippen LogP contribution in [0.5, 0.6) is 0 Å². The highest BCUT2D eigenvalue weighted by molar-refractivity contribution is 7.86. The topological polar surface area (TPSA) is 75.7 Å². The van der Waals surface area contributed by atoms with Crippen LogP contribution in [-0.4, -0.2) is 62.4 Å². The van der Waals surface area contributed by atoms with Gasteiger partial charge in [0, 0.05) is 5.56 Å². The molecule has 1 heterocycles. The van der Waals surface area contributed by atoms with E-state index in [0.29, 0.717) is 0 Å². The van der Waals surface area contributed by atoms with Crippen LogP contribution >= 0.6 is 0 Å². The van der Waals surface area contributed by atoms with Gasteiger partial charge in [0.1, 0.15) is 6.54 Å². The standard InChI is InChI=1S/C16H27BNO2.CHF3O3S/c1-15(2)16(3,4)20-17(19-15)14-10-8-13(9-11-14)12-18(5,6)7;2-1(3,4)8(5,6)7/h8-11H,12H2,1-7H3;(H,5,6,7)/q+1;/p-1. The molecule has 0 atom stereocenters. The normalized spacial score (nSPS) is 19.2. The van der Waals surface area contributed by atoms with Crippen LogP contribution in [0.25, 0.3) is 0 Å². The molecule has 1 aliphatic heterocycles. The molecule has 0 radical (unpaired) electrons. The van der Waals surface area contributed by atoms with Gasteiger partial charge in [-0.15, -0.1) is 0 Å². The van der Waals surface area contributed by atoms with Gasteiger partial charge in [0.2, 0.25) is 0 Å². The van der Waals surface area contributed by atoms with Gasteiger partial charge in [0.15, 0.2) is 10.1 Å². The molecule has 0 aromatic heterocycles. The Kier molecular flexibility index (Phi) is 7.07. The summed E-state index contributed by atoms with van der Waals surface area (Å²) in [6.45, 7) is 9.34. The molecular weight excluding hydrogens is 398 g/mol. The molecule has 0 bridgehead atoms. The number of halogens is 3. The van der Waals surface area contributed by atoms with Crippen LogP contribution in [-0.2, 0) is 26.0 Å². The zero-order valence-corrected chi connectivity index (χ0v) is 17.9. The maximum Gasteiger partial charge on any atom is 0.494 e. The van der Waals surface area contributed by atoms with Gasteiger partial charge in [0.05, 0.1) is 32.3 Å². The maximum absolute atomic E-state index is 10.7. The van der Waals surface area contributed by atoms with Crippen molar-refractivity contribution in [3.8, 4) is 0 Å². The Morgan fingerprint density at radius 3 is 1.64 bits per heavy atom. The van der Waals surface area contributed by atoms with E-state index in [0.717, 1.165) is 16.5 Å². The van der Waals surface area contributed by atoms with E-state index in [2.05, 4.69) is 73.1 Å². The van der Waals surface area contributed by atoms with E-state index in [4.69, 9.17) is 22.3 Å². The van der Waals surface area contributed by atoms with Crippen molar-refractivity contribution < 1.29 is 39.9 Å². The van der Waals surface area contributed by atoms with Gasteiger partial charge in [-0.05, 0) is 33.2 Å². The quantitative estimate of drug-likeness (QED) is 0.322. The summed E-state index contributed by atoms with van der Waals surface area (Å²) in [6, 6.07) is 8.58. The predicted molar refractivity (Wildman–Crippen MR) is 99.6 cm³/mol. The second kappa shape index (κ2) is 7.94. The maximum atomic E-state index is 10.7. The van der Waals surface area contributed by atoms with Gasteiger partial charge in [-0.2, -0.15) is 13.2 Å². The van der Waals surface area contributed by atoms with Crippen molar-refractivity contribution in [2.45, 2.75) is 51.0 Å². The minimum absolute atomic E-state index is 0.266. The van der Waals surface area contributed by atoms with E-state index < -0.39 is 15.6 Å². The van der Waals surface area contributed by atoms with Crippen molar-refractivity contribution in [1.82, 2.24) is 0 Å². The van der Waals surface area contributed by atoms with Gasteiger partial charge in [-0.25, -0.2) is 8.42 Å². The summed E-state index contributed by atoms with van der Waals surface area (Å²) < 4.78 is 72.0. The number of nitrogens with zero attached hydrogens (tertiary/aromatic N) is 1. The number of rotatable bonds is 3. The van der Waals surface area contributed by atoms with Gasteiger partial charge in [-0.1, -0.05) is 24.3 Å². The largest absolute Gasteiger partial charge is 0.741 e. The highest BCUT2D eigenvalue weighted by Crippen LogP contribution is 2.36. The Morgan fingerprint density at radius 2 is 1.36 bits per heavy atom. The van der Waals surface area contributed by atoms with Gasteiger partial charge < -0.3 is 18.3 Å². The molecule has 1 aromatic rings. The lowest BCUT2D eigenvalue weighted by Gasteiger charge is -2.32. The number of quaternary nitrogens is 1. The van der Waals surface area contributed by atoms with E-state index >= 15 is 0 Å². The summed E-state index contributed by atoms with van der Waals surface area (Å²) >= 11 is 0. The van der Waals surface area contributed by atoms with Gasteiger partial charge >= 0.3 is 12.6 Å². The number of alkyl halides is 3. The van der Waals surface area contributed by atoms with Crippen LogP contribution in [0.2, 0.25) is 0 Å². The van der Waals surface area contributed by atoms with Crippen molar-refractivity contribution in [3.63, 3.8) is 0 Å². The Morgan fingerprint density at radius 1 is 1.00 bits per heavy atom. The zero-order chi connectivity index (χ0) is 22.2. The molecule has 11 heteroatoms. The summed E-state index contributed by atoms with van der Waals surface area (Å²) in [7, 11) is 0.234. The van der Waals surface area contributed by atoms with Crippen LogP contribution in [0.1, 0.15) is 33.3 Å². The molecule has 0 N–H and O–H groups in total. The third-order valence-electron chi connectivity index (χ3n) is 4.45. The molecule has 1 aromatic carbocycles.